The summed E-state index contributed by atoms with van der Waals surface area (Å²) in [6.07, 6.45) is 4.68. The number of hydrogen-bond donors (Lipinski definition) is 2. The average molecular weight is 326 g/mol. The van der Waals surface area contributed by atoms with E-state index in [0.29, 0.717) is 11.5 Å². The summed E-state index contributed by atoms with van der Waals surface area (Å²) in [4.78, 5) is 4.47. The van der Waals surface area contributed by atoms with Crippen LogP contribution in [0.1, 0.15) is 27.7 Å². The van der Waals surface area contributed by atoms with Crippen LogP contribution >= 0.6 is 15.9 Å². The molecule has 6 heteroatoms. The predicted molar refractivity (Wildman–Crippen MR) is 78.1 cm³/mol. The number of aliphatic hydroxyl groups is 1. The van der Waals surface area contributed by atoms with Crippen molar-refractivity contribution in [3.8, 4) is 0 Å². The molecule has 0 saturated carbocycles. The van der Waals surface area contributed by atoms with Gasteiger partial charge in [0.1, 0.15) is 5.82 Å². The van der Waals surface area contributed by atoms with Crippen molar-refractivity contribution < 1.29 is 5.11 Å². The summed E-state index contributed by atoms with van der Waals surface area (Å²) >= 11 is 3.39. The normalized spacial score (nSPS) is 14.1. The van der Waals surface area contributed by atoms with Gasteiger partial charge in [0.05, 0.1) is 28.5 Å². The number of aromatic nitrogens is 3. The zero-order chi connectivity index (χ0) is 14.2. The fraction of sp³-hybridized carbons (Fsp3) is 0.538. The van der Waals surface area contributed by atoms with Crippen molar-refractivity contribution in [1.82, 2.24) is 14.6 Å². The van der Waals surface area contributed by atoms with Crippen LogP contribution in [0.25, 0.3) is 5.65 Å². The lowest BCUT2D eigenvalue weighted by Crippen LogP contribution is -2.45. The van der Waals surface area contributed by atoms with Crippen LogP contribution in [-0.4, -0.2) is 31.3 Å². The molecule has 0 aliphatic carbocycles. The second-order valence-electron chi connectivity index (χ2n) is 5.52. The van der Waals surface area contributed by atoms with E-state index < -0.39 is 5.60 Å². The molecule has 1 unspecified atom stereocenters. The fourth-order valence-electron chi connectivity index (χ4n) is 2.18. The highest BCUT2D eigenvalue weighted by atomic mass is 79.9. The van der Waals surface area contributed by atoms with Gasteiger partial charge in [-0.15, -0.1) is 0 Å². The highest BCUT2D eigenvalue weighted by molar-refractivity contribution is 9.10. The smallest absolute Gasteiger partial charge is 0.172 e. The van der Waals surface area contributed by atoms with E-state index in [9.17, 15) is 5.11 Å². The van der Waals surface area contributed by atoms with Crippen molar-refractivity contribution in [2.75, 3.05) is 5.32 Å². The minimum absolute atomic E-state index is 0.0995. The standard InChI is InChI=1S/C13H18BrN4O/c1-8(2)11(13(3,4)19)16-10-5-6-18-12(17-10)9(14)7-15-18/h5,7-8,11,19H,1-4H3,(H,16,17). The lowest BCUT2D eigenvalue weighted by Gasteiger charge is -2.33. The van der Waals surface area contributed by atoms with E-state index in [0.717, 1.165) is 4.47 Å². The predicted octanol–water partition coefficient (Wildman–Crippen LogP) is 2.50. The van der Waals surface area contributed by atoms with E-state index in [4.69, 9.17) is 0 Å². The molecule has 5 nitrogen and oxygen atoms in total. The summed E-state index contributed by atoms with van der Waals surface area (Å²) in [5.41, 5.74) is -0.136. The van der Waals surface area contributed by atoms with Crippen LogP contribution in [0, 0.1) is 12.1 Å². The Morgan fingerprint density at radius 1 is 1.47 bits per heavy atom. The maximum absolute atomic E-state index is 10.2. The fourth-order valence-corrected chi connectivity index (χ4v) is 2.53. The number of halogens is 1. The molecule has 0 spiro atoms. The van der Waals surface area contributed by atoms with Crippen molar-refractivity contribution in [1.29, 1.82) is 0 Å². The Morgan fingerprint density at radius 3 is 2.74 bits per heavy atom. The molecule has 2 aromatic rings. The monoisotopic (exact) mass is 325 g/mol. The van der Waals surface area contributed by atoms with Crippen LogP contribution in [0.3, 0.4) is 0 Å². The molecular weight excluding hydrogens is 308 g/mol. The Hall–Kier alpha value is -1.14. The van der Waals surface area contributed by atoms with Crippen molar-refractivity contribution in [3.63, 3.8) is 0 Å². The number of nitrogens with zero attached hydrogens (tertiary/aromatic N) is 3. The molecule has 0 aliphatic heterocycles. The molecule has 2 N–H and O–H groups in total. The molecule has 1 atom stereocenters. The van der Waals surface area contributed by atoms with Gasteiger partial charge >= 0.3 is 0 Å². The number of nitrogens with one attached hydrogen (secondary N) is 1. The molecule has 2 heterocycles. The molecule has 19 heavy (non-hydrogen) atoms. The third-order valence-electron chi connectivity index (χ3n) is 2.98. The maximum Gasteiger partial charge on any atom is 0.172 e. The van der Waals surface area contributed by atoms with Crippen LogP contribution in [0.2, 0.25) is 0 Å². The van der Waals surface area contributed by atoms with Gasteiger partial charge in [0, 0.05) is 6.07 Å². The number of hydrogen-bond acceptors (Lipinski definition) is 4. The summed E-state index contributed by atoms with van der Waals surface area (Å²) in [7, 11) is 0. The highest BCUT2D eigenvalue weighted by Gasteiger charge is 2.29. The Labute approximate surface area is 121 Å². The molecule has 2 aromatic heterocycles. The minimum atomic E-state index is -0.834. The Bertz CT molecular complexity index is 574. The highest BCUT2D eigenvalue weighted by Crippen LogP contribution is 2.22. The Balaban J connectivity index is 2.31. The van der Waals surface area contributed by atoms with Gasteiger partial charge in [-0.2, -0.15) is 5.10 Å². The summed E-state index contributed by atoms with van der Waals surface area (Å²) in [6, 6.07) is 1.63. The van der Waals surface area contributed by atoms with Gasteiger partial charge in [-0.1, -0.05) is 13.8 Å². The number of rotatable bonds is 4. The minimum Gasteiger partial charge on any atom is -0.388 e. The zero-order valence-electron chi connectivity index (χ0n) is 11.5. The molecule has 0 saturated heterocycles. The topological polar surface area (TPSA) is 62.5 Å². The van der Waals surface area contributed by atoms with E-state index in [1.807, 2.05) is 0 Å². The Kier molecular flexibility index (Phi) is 3.82. The van der Waals surface area contributed by atoms with Gasteiger partial charge in [-0.3, -0.25) is 0 Å². The molecule has 0 bridgehead atoms. The van der Waals surface area contributed by atoms with E-state index >= 15 is 0 Å². The average Bonchev–Trinajstić information content (AvgIpc) is 2.66. The van der Waals surface area contributed by atoms with Crippen molar-refractivity contribution >= 4 is 27.4 Å². The van der Waals surface area contributed by atoms with Gasteiger partial charge < -0.3 is 10.4 Å². The van der Waals surface area contributed by atoms with Crippen molar-refractivity contribution in [2.24, 2.45) is 5.92 Å². The zero-order valence-corrected chi connectivity index (χ0v) is 13.1. The van der Waals surface area contributed by atoms with Crippen molar-refractivity contribution in [3.05, 3.63) is 22.9 Å². The maximum atomic E-state index is 10.2. The van der Waals surface area contributed by atoms with Gasteiger partial charge in [0.25, 0.3) is 0 Å². The van der Waals surface area contributed by atoms with Gasteiger partial charge in [0.15, 0.2) is 5.65 Å². The van der Waals surface area contributed by atoms with Gasteiger partial charge in [0.2, 0.25) is 0 Å². The number of anilines is 1. The second kappa shape index (κ2) is 5.09. The molecule has 0 amide bonds. The van der Waals surface area contributed by atoms with Crippen LogP contribution in [0.15, 0.2) is 16.7 Å². The molecule has 2 rings (SSSR count). The SMILES string of the molecule is CC(C)C(Nc1c[c]n2ncc(Br)c2n1)C(C)(C)O. The van der Waals surface area contributed by atoms with Gasteiger partial charge in [-0.25, -0.2) is 9.50 Å². The first-order valence-corrected chi connectivity index (χ1v) is 6.99. The molecule has 0 aromatic carbocycles. The molecule has 0 fully saturated rings. The van der Waals surface area contributed by atoms with Crippen LogP contribution < -0.4 is 5.32 Å². The van der Waals surface area contributed by atoms with E-state index in [1.165, 1.54) is 0 Å². The van der Waals surface area contributed by atoms with Crippen molar-refractivity contribution in [2.45, 2.75) is 39.3 Å². The second-order valence-corrected chi connectivity index (χ2v) is 6.37. The third-order valence-corrected chi connectivity index (χ3v) is 3.54. The lowest BCUT2D eigenvalue weighted by atomic mass is 9.89. The largest absolute Gasteiger partial charge is 0.388 e. The van der Waals surface area contributed by atoms with E-state index in [2.05, 4.69) is 51.4 Å². The quantitative estimate of drug-likeness (QED) is 0.906. The molecule has 0 aliphatic rings. The van der Waals surface area contributed by atoms with Crippen LogP contribution in [0.5, 0.6) is 0 Å². The first-order chi connectivity index (χ1) is 8.79. The first-order valence-electron chi connectivity index (χ1n) is 6.20. The summed E-state index contributed by atoms with van der Waals surface area (Å²) < 4.78 is 2.39. The molecule has 103 valence electrons. The summed E-state index contributed by atoms with van der Waals surface area (Å²) in [5.74, 6) is 0.945. The summed E-state index contributed by atoms with van der Waals surface area (Å²) in [5, 5.41) is 17.6. The lowest BCUT2D eigenvalue weighted by molar-refractivity contribution is 0.0440. The first kappa shape index (κ1) is 14.3. The van der Waals surface area contributed by atoms with E-state index in [1.54, 1.807) is 30.6 Å². The van der Waals surface area contributed by atoms with E-state index in [-0.39, 0.29) is 12.0 Å². The molecule has 1 radical (unpaired) electrons. The van der Waals surface area contributed by atoms with Crippen LogP contribution in [0.4, 0.5) is 5.82 Å². The Morgan fingerprint density at radius 2 is 2.16 bits per heavy atom. The van der Waals surface area contributed by atoms with Crippen LogP contribution in [-0.2, 0) is 0 Å². The molecular formula is C13H18BrN4O. The van der Waals surface area contributed by atoms with Gasteiger partial charge in [-0.05, 0) is 35.7 Å². The number of fused-ring (bicyclic) bond motifs is 1. The summed E-state index contributed by atoms with van der Waals surface area (Å²) in [6.45, 7) is 7.71. The third kappa shape index (κ3) is 3.06.